The molecule has 2 rings (SSSR count). The molecule has 0 amide bonds. The van der Waals surface area contributed by atoms with E-state index in [0.29, 0.717) is 6.10 Å². The lowest BCUT2D eigenvalue weighted by Crippen LogP contribution is -2.29. The van der Waals surface area contributed by atoms with Crippen LogP contribution in [0.4, 0.5) is 0 Å². The molecule has 0 saturated carbocycles. The predicted octanol–water partition coefficient (Wildman–Crippen LogP) is 9.67. The molecule has 4 heteroatoms. The van der Waals surface area contributed by atoms with Gasteiger partial charge in [-0.25, -0.2) is 0 Å². The number of rotatable bonds is 26. The standard InChI is InChI=1S/C32H60NO2S/c1-2-3-4-5-6-7-8-9-10-11-12-13-14-16-19-22-31-27-32(35-28-31)29-34-25-21-18-15-17-20-23-33-24-26-36-30-33/h24,26,30-32H,2-23,25,27-29H2,1H3/q+1/t31-,32+/m1/s1. The van der Waals surface area contributed by atoms with Crippen LogP contribution < -0.4 is 4.57 Å². The minimum absolute atomic E-state index is 0.356. The second-order valence-electron chi connectivity index (χ2n) is 11.4. The summed E-state index contributed by atoms with van der Waals surface area (Å²) in [6, 6.07) is 0. The number of nitrogens with zero attached hydrogens (tertiary/aromatic N) is 1. The number of hydrogen-bond donors (Lipinski definition) is 0. The maximum absolute atomic E-state index is 6.01. The number of unbranched alkanes of at least 4 members (excludes halogenated alkanes) is 18. The van der Waals surface area contributed by atoms with Gasteiger partial charge in [0, 0.05) is 19.6 Å². The Morgan fingerprint density at radius 3 is 1.94 bits per heavy atom. The number of aromatic nitrogens is 1. The zero-order chi connectivity index (χ0) is 25.4. The molecule has 210 valence electrons. The molecule has 2 atom stereocenters. The number of ether oxygens (including phenoxy) is 2. The summed E-state index contributed by atoms with van der Waals surface area (Å²) in [5.41, 5.74) is 2.20. The highest BCUT2D eigenvalue weighted by Crippen LogP contribution is 2.25. The average molecular weight is 523 g/mol. The largest absolute Gasteiger partial charge is 0.379 e. The summed E-state index contributed by atoms with van der Waals surface area (Å²) in [5.74, 6) is 0.779. The lowest BCUT2D eigenvalue weighted by molar-refractivity contribution is -0.692. The van der Waals surface area contributed by atoms with E-state index >= 15 is 0 Å². The van der Waals surface area contributed by atoms with E-state index in [1.54, 1.807) is 11.3 Å². The van der Waals surface area contributed by atoms with Crippen LogP contribution in [-0.2, 0) is 16.0 Å². The topological polar surface area (TPSA) is 22.3 Å². The minimum atomic E-state index is 0.356. The van der Waals surface area contributed by atoms with Crippen molar-refractivity contribution >= 4 is 11.3 Å². The van der Waals surface area contributed by atoms with Crippen molar-refractivity contribution in [2.24, 2.45) is 5.92 Å². The second-order valence-corrected chi connectivity index (χ2v) is 12.2. The van der Waals surface area contributed by atoms with Gasteiger partial charge in [-0.3, -0.25) is 0 Å². The molecule has 1 aliphatic rings. The van der Waals surface area contributed by atoms with Crippen molar-refractivity contribution in [1.29, 1.82) is 0 Å². The first kappa shape index (κ1) is 31.8. The van der Waals surface area contributed by atoms with E-state index in [9.17, 15) is 0 Å². The quantitative estimate of drug-likeness (QED) is 0.0892. The molecule has 36 heavy (non-hydrogen) atoms. The van der Waals surface area contributed by atoms with E-state index in [0.717, 1.165) is 25.7 Å². The van der Waals surface area contributed by atoms with Gasteiger partial charge in [-0.05, 0) is 31.6 Å². The number of thiazole rings is 1. The molecule has 0 bridgehead atoms. The zero-order valence-corrected chi connectivity index (χ0v) is 24.8. The van der Waals surface area contributed by atoms with Gasteiger partial charge in [-0.1, -0.05) is 127 Å². The van der Waals surface area contributed by atoms with Gasteiger partial charge >= 0.3 is 0 Å². The summed E-state index contributed by atoms with van der Waals surface area (Å²) < 4.78 is 14.2. The Morgan fingerprint density at radius 1 is 0.750 bits per heavy atom. The summed E-state index contributed by atoms with van der Waals surface area (Å²) >= 11 is 1.78. The van der Waals surface area contributed by atoms with Crippen LogP contribution in [0.5, 0.6) is 0 Å². The van der Waals surface area contributed by atoms with Crippen molar-refractivity contribution in [3.63, 3.8) is 0 Å². The summed E-state index contributed by atoms with van der Waals surface area (Å²) in [7, 11) is 0. The van der Waals surface area contributed by atoms with Gasteiger partial charge in [0.2, 0.25) is 5.51 Å². The minimum Gasteiger partial charge on any atom is -0.379 e. The van der Waals surface area contributed by atoms with Gasteiger partial charge < -0.3 is 9.47 Å². The van der Waals surface area contributed by atoms with Crippen LogP contribution in [0.25, 0.3) is 0 Å². The van der Waals surface area contributed by atoms with Gasteiger partial charge in [0.15, 0.2) is 6.20 Å². The second kappa shape index (κ2) is 23.7. The van der Waals surface area contributed by atoms with Gasteiger partial charge in [-0.15, -0.1) is 0 Å². The van der Waals surface area contributed by atoms with E-state index < -0.39 is 0 Å². The molecule has 1 aromatic rings. The van der Waals surface area contributed by atoms with Crippen molar-refractivity contribution in [3.8, 4) is 0 Å². The fourth-order valence-electron chi connectivity index (χ4n) is 5.53. The third kappa shape index (κ3) is 17.9. The molecule has 2 heterocycles. The maximum Gasteiger partial charge on any atom is 0.224 e. The Hall–Kier alpha value is -0.450. The normalized spacial score (nSPS) is 17.8. The highest BCUT2D eigenvalue weighted by atomic mass is 32.1. The summed E-state index contributed by atoms with van der Waals surface area (Å²) in [6.45, 7) is 6.15. The molecule has 1 aromatic heterocycles. The van der Waals surface area contributed by atoms with E-state index in [1.807, 2.05) is 0 Å². The third-order valence-electron chi connectivity index (χ3n) is 7.92. The molecule has 1 fully saturated rings. The Balaban J connectivity index is 1.25. The molecule has 0 N–H and O–H groups in total. The smallest absolute Gasteiger partial charge is 0.224 e. The van der Waals surface area contributed by atoms with Crippen LogP contribution in [0, 0.1) is 5.92 Å². The fraction of sp³-hybridized carbons (Fsp3) is 0.906. The third-order valence-corrected chi connectivity index (χ3v) is 8.59. The molecule has 0 aliphatic carbocycles. The zero-order valence-electron chi connectivity index (χ0n) is 23.9. The molecule has 1 aliphatic heterocycles. The lowest BCUT2D eigenvalue weighted by Gasteiger charge is -2.10. The summed E-state index contributed by atoms with van der Waals surface area (Å²) in [6.07, 6.45) is 33.2. The first-order chi connectivity index (χ1) is 17.9. The van der Waals surface area contributed by atoms with Crippen molar-refractivity contribution < 1.29 is 14.0 Å². The van der Waals surface area contributed by atoms with Crippen LogP contribution in [-0.4, -0.2) is 25.9 Å². The van der Waals surface area contributed by atoms with Crippen molar-refractivity contribution in [1.82, 2.24) is 0 Å². The Kier molecular flexibility index (Phi) is 20.9. The molecular weight excluding hydrogens is 462 g/mol. The highest BCUT2D eigenvalue weighted by molar-refractivity contribution is 7.07. The SMILES string of the molecule is CCCCCCCCCCCCCCCCC[C@H]1CO[C@H](COCCCCCCC[n+]2ccsc2)C1. The lowest BCUT2D eigenvalue weighted by atomic mass is 9.97. The van der Waals surface area contributed by atoms with Crippen LogP contribution >= 0.6 is 11.3 Å². The van der Waals surface area contributed by atoms with Crippen molar-refractivity contribution in [2.45, 2.75) is 161 Å². The average Bonchev–Trinajstić information content (AvgIpc) is 3.58. The maximum atomic E-state index is 6.01. The molecule has 3 nitrogen and oxygen atoms in total. The predicted molar refractivity (Wildman–Crippen MR) is 156 cm³/mol. The van der Waals surface area contributed by atoms with Gasteiger partial charge in [0.1, 0.15) is 6.54 Å². The number of hydrogen-bond acceptors (Lipinski definition) is 3. The molecule has 0 unspecified atom stereocenters. The van der Waals surface area contributed by atoms with Crippen LogP contribution in [0.15, 0.2) is 17.1 Å². The molecule has 0 radical (unpaired) electrons. The van der Waals surface area contributed by atoms with Crippen LogP contribution in [0.3, 0.4) is 0 Å². The first-order valence-corrected chi connectivity index (χ1v) is 16.9. The Morgan fingerprint density at radius 2 is 1.33 bits per heavy atom. The van der Waals surface area contributed by atoms with Crippen LogP contribution in [0.2, 0.25) is 0 Å². The van der Waals surface area contributed by atoms with Gasteiger partial charge in [0.25, 0.3) is 0 Å². The Bertz CT molecular complexity index is 565. The van der Waals surface area contributed by atoms with E-state index in [4.69, 9.17) is 9.47 Å². The summed E-state index contributed by atoms with van der Waals surface area (Å²) in [4.78, 5) is 0. The molecule has 0 spiro atoms. The molecular formula is C32H60NO2S+. The Labute approximate surface area is 228 Å². The van der Waals surface area contributed by atoms with Crippen molar-refractivity contribution in [3.05, 3.63) is 17.1 Å². The number of aryl methyl sites for hydroxylation is 1. The first-order valence-electron chi connectivity index (χ1n) is 16.0. The van der Waals surface area contributed by atoms with Crippen molar-refractivity contribution in [2.75, 3.05) is 19.8 Å². The van der Waals surface area contributed by atoms with E-state index in [2.05, 4.69) is 28.6 Å². The van der Waals surface area contributed by atoms with Gasteiger partial charge in [-0.2, -0.15) is 4.57 Å². The molecule has 1 saturated heterocycles. The van der Waals surface area contributed by atoms with E-state index in [1.165, 1.54) is 148 Å². The summed E-state index contributed by atoms with van der Waals surface area (Å²) in [5, 5.41) is 2.15. The fourth-order valence-corrected chi connectivity index (χ4v) is 6.16. The van der Waals surface area contributed by atoms with Gasteiger partial charge in [0.05, 0.1) is 18.1 Å². The van der Waals surface area contributed by atoms with E-state index in [-0.39, 0.29) is 0 Å². The monoisotopic (exact) mass is 522 g/mol. The highest BCUT2D eigenvalue weighted by Gasteiger charge is 2.24. The molecule has 0 aromatic carbocycles. The van der Waals surface area contributed by atoms with Crippen LogP contribution in [0.1, 0.15) is 148 Å².